The highest BCUT2D eigenvalue weighted by molar-refractivity contribution is 7.80. The van der Waals surface area contributed by atoms with Gasteiger partial charge in [0.25, 0.3) is 0 Å². The SMILES string of the molecule is CC(C)C1CC(=O)N(Cc2cc(F)cc(C(N)=S)c2)C1. The lowest BCUT2D eigenvalue weighted by Crippen LogP contribution is -2.25. The van der Waals surface area contributed by atoms with Crippen molar-refractivity contribution in [3.8, 4) is 0 Å². The molecule has 1 aliphatic heterocycles. The maximum Gasteiger partial charge on any atom is 0.223 e. The van der Waals surface area contributed by atoms with E-state index in [9.17, 15) is 9.18 Å². The molecule has 2 N–H and O–H groups in total. The van der Waals surface area contributed by atoms with Crippen molar-refractivity contribution >= 4 is 23.1 Å². The minimum absolute atomic E-state index is 0.129. The number of halogens is 1. The van der Waals surface area contributed by atoms with Crippen molar-refractivity contribution in [3.63, 3.8) is 0 Å². The molecule has 1 amide bonds. The van der Waals surface area contributed by atoms with Gasteiger partial charge in [0.15, 0.2) is 0 Å². The molecular weight excluding hydrogens is 275 g/mol. The largest absolute Gasteiger partial charge is 0.389 e. The predicted molar refractivity (Wildman–Crippen MR) is 80.6 cm³/mol. The van der Waals surface area contributed by atoms with E-state index in [0.717, 1.165) is 12.1 Å². The molecular formula is C15H19FN2OS. The third-order valence-electron chi connectivity index (χ3n) is 3.80. The molecule has 108 valence electrons. The Morgan fingerprint density at radius 3 is 2.75 bits per heavy atom. The number of rotatable bonds is 4. The van der Waals surface area contributed by atoms with Gasteiger partial charge in [0.2, 0.25) is 5.91 Å². The Bertz CT molecular complexity index is 545. The average Bonchev–Trinajstić information content (AvgIpc) is 2.70. The Hall–Kier alpha value is -1.49. The topological polar surface area (TPSA) is 46.3 Å². The number of amides is 1. The van der Waals surface area contributed by atoms with Gasteiger partial charge in [0.05, 0.1) is 0 Å². The van der Waals surface area contributed by atoms with Crippen molar-refractivity contribution < 1.29 is 9.18 Å². The first-order valence-electron chi connectivity index (χ1n) is 6.74. The molecule has 1 aliphatic rings. The highest BCUT2D eigenvalue weighted by atomic mass is 32.1. The van der Waals surface area contributed by atoms with E-state index in [1.165, 1.54) is 12.1 Å². The van der Waals surface area contributed by atoms with E-state index in [-0.39, 0.29) is 16.7 Å². The monoisotopic (exact) mass is 294 g/mol. The molecule has 0 spiro atoms. The first-order chi connectivity index (χ1) is 9.36. The zero-order chi connectivity index (χ0) is 14.9. The van der Waals surface area contributed by atoms with Gasteiger partial charge in [-0.25, -0.2) is 4.39 Å². The van der Waals surface area contributed by atoms with Crippen LogP contribution in [0.4, 0.5) is 4.39 Å². The molecule has 1 atom stereocenters. The van der Waals surface area contributed by atoms with E-state index in [1.54, 1.807) is 11.0 Å². The summed E-state index contributed by atoms with van der Waals surface area (Å²) < 4.78 is 13.5. The number of nitrogens with zero attached hydrogens (tertiary/aromatic N) is 1. The van der Waals surface area contributed by atoms with E-state index < -0.39 is 0 Å². The van der Waals surface area contributed by atoms with Crippen LogP contribution in [0, 0.1) is 17.7 Å². The molecule has 1 heterocycles. The summed E-state index contributed by atoms with van der Waals surface area (Å²) in [6, 6.07) is 4.49. The summed E-state index contributed by atoms with van der Waals surface area (Å²) in [6.07, 6.45) is 0.579. The summed E-state index contributed by atoms with van der Waals surface area (Å²) in [6.45, 7) is 5.38. The van der Waals surface area contributed by atoms with E-state index >= 15 is 0 Å². The van der Waals surface area contributed by atoms with Crippen LogP contribution in [0.15, 0.2) is 18.2 Å². The molecule has 0 aromatic heterocycles. The number of hydrogen-bond acceptors (Lipinski definition) is 2. The first kappa shape index (κ1) is 14.9. The zero-order valence-electron chi connectivity index (χ0n) is 11.7. The smallest absolute Gasteiger partial charge is 0.223 e. The van der Waals surface area contributed by atoms with Crippen LogP contribution < -0.4 is 5.73 Å². The number of carbonyl (C=O) groups excluding carboxylic acids is 1. The third kappa shape index (κ3) is 3.33. The molecule has 1 aromatic carbocycles. The van der Waals surface area contributed by atoms with Crippen LogP contribution >= 0.6 is 12.2 Å². The number of hydrogen-bond donors (Lipinski definition) is 1. The highest BCUT2D eigenvalue weighted by Gasteiger charge is 2.31. The molecule has 0 bridgehead atoms. The second-order valence-electron chi connectivity index (χ2n) is 5.69. The van der Waals surface area contributed by atoms with Gasteiger partial charge in [-0.05, 0) is 35.6 Å². The summed E-state index contributed by atoms with van der Waals surface area (Å²) in [5.74, 6) is 0.608. The summed E-state index contributed by atoms with van der Waals surface area (Å²) in [5.41, 5.74) is 6.76. The summed E-state index contributed by atoms with van der Waals surface area (Å²) >= 11 is 4.87. The fourth-order valence-electron chi connectivity index (χ4n) is 2.51. The summed E-state index contributed by atoms with van der Waals surface area (Å²) in [5, 5.41) is 0. The number of thiocarbonyl (C=S) groups is 1. The van der Waals surface area contributed by atoms with Crippen molar-refractivity contribution in [2.24, 2.45) is 17.6 Å². The second-order valence-corrected chi connectivity index (χ2v) is 6.13. The third-order valence-corrected chi connectivity index (χ3v) is 4.04. The molecule has 1 saturated heterocycles. The lowest BCUT2D eigenvalue weighted by molar-refractivity contribution is -0.128. The van der Waals surface area contributed by atoms with Crippen LogP contribution in [0.2, 0.25) is 0 Å². The molecule has 1 aromatic rings. The van der Waals surface area contributed by atoms with Crippen LogP contribution in [0.1, 0.15) is 31.4 Å². The lowest BCUT2D eigenvalue weighted by atomic mass is 9.95. The molecule has 0 saturated carbocycles. The molecule has 3 nitrogen and oxygen atoms in total. The number of carbonyl (C=O) groups is 1. The molecule has 0 aliphatic carbocycles. The predicted octanol–water partition coefficient (Wildman–Crippen LogP) is 2.46. The van der Waals surface area contributed by atoms with E-state index in [2.05, 4.69) is 13.8 Å². The van der Waals surface area contributed by atoms with Gasteiger partial charge < -0.3 is 10.6 Å². The Morgan fingerprint density at radius 2 is 2.20 bits per heavy atom. The standard InChI is InChI=1S/C15H19FN2OS/c1-9(2)12-6-14(19)18(8-12)7-10-3-11(15(17)20)5-13(16)4-10/h3-5,9,12H,6-8H2,1-2H3,(H2,17,20). The summed E-state index contributed by atoms with van der Waals surface area (Å²) in [4.78, 5) is 13.9. The van der Waals surface area contributed by atoms with Crippen LogP contribution in [0.25, 0.3) is 0 Å². The van der Waals surface area contributed by atoms with E-state index in [1.807, 2.05) is 0 Å². The molecule has 0 radical (unpaired) electrons. The number of nitrogens with two attached hydrogens (primary N) is 1. The van der Waals surface area contributed by atoms with Crippen molar-refractivity contribution in [1.29, 1.82) is 0 Å². The second kappa shape index (κ2) is 5.87. The normalized spacial score (nSPS) is 18.9. The van der Waals surface area contributed by atoms with Crippen molar-refractivity contribution in [3.05, 3.63) is 35.1 Å². The average molecular weight is 294 g/mol. The fraction of sp³-hybridized carbons (Fsp3) is 0.467. The van der Waals surface area contributed by atoms with Crippen LogP contribution in [-0.2, 0) is 11.3 Å². The molecule has 20 heavy (non-hydrogen) atoms. The van der Waals surface area contributed by atoms with Gasteiger partial charge in [-0.15, -0.1) is 0 Å². The maximum atomic E-state index is 13.5. The Morgan fingerprint density at radius 1 is 1.50 bits per heavy atom. The Kier molecular flexibility index (Phi) is 4.38. The number of likely N-dealkylation sites (tertiary alicyclic amines) is 1. The van der Waals surface area contributed by atoms with Gasteiger partial charge >= 0.3 is 0 Å². The van der Waals surface area contributed by atoms with Gasteiger partial charge in [0, 0.05) is 25.1 Å². The quantitative estimate of drug-likeness (QED) is 0.868. The van der Waals surface area contributed by atoms with Gasteiger partial charge in [-0.1, -0.05) is 26.1 Å². The van der Waals surface area contributed by atoms with Crippen molar-refractivity contribution in [1.82, 2.24) is 4.90 Å². The lowest BCUT2D eigenvalue weighted by Gasteiger charge is -2.18. The fourth-order valence-corrected chi connectivity index (χ4v) is 2.62. The summed E-state index contributed by atoms with van der Waals surface area (Å²) in [7, 11) is 0. The van der Waals surface area contributed by atoms with Crippen molar-refractivity contribution in [2.45, 2.75) is 26.8 Å². The number of benzene rings is 1. The first-order valence-corrected chi connectivity index (χ1v) is 7.14. The van der Waals surface area contributed by atoms with Crippen molar-refractivity contribution in [2.75, 3.05) is 6.54 Å². The molecule has 1 fully saturated rings. The molecule has 5 heteroatoms. The molecule has 1 unspecified atom stereocenters. The minimum Gasteiger partial charge on any atom is -0.389 e. The van der Waals surface area contributed by atoms with Crippen LogP contribution in [0.5, 0.6) is 0 Å². The van der Waals surface area contributed by atoms with Gasteiger partial charge in [-0.3, -0.25) is 4.79 Å². The highest BCUT2D eigenvalue weighted by Crippen LogP contribution is 2.26. The van der Waals surface area contributed by atoms with Crippen LogP contribution in [-0.4, -0.2) is 22.3 Å². The minimum atomic E-state index is -0.377. The van der Waals surface area contributed by atoms with Crippen LogP contribution in [0.3, 0.4) is 0 Å². The zero-order valence-corrected chi connectivity index (χ0v) is 12.5. The van der Waals surface area contributed by atoms with E-state index in [4.69, 9.17) is 18.0 Å². The molecule has 2 rings (SSSR count). The van der Waals surface area contributed by atoms with Gasteiger partial charge in [0.1, 0.15) is 10.8 Å². The Labute approximate surface area is 123 Å². The van der Waals surface area contributed by atoms with Gasteiger partial charge in [-0.2, -0.15) is 0 Å². The Balaban J connectivity index is 2.14. The maximum absolute atomic E-state index is 13.5. The van der Waals surface area contributed by atoms with E-state index in [0.29, 0.717) is 30.4 Å².